The predicted molar refractivity (Wildman–Crippen MR) is 153 cm³/mol. The van der Waals surface area contributed by atoms with Crippen LogP contribution in [0.15, 0.2) is 42.5 Å². The van der Waals surface area contributed by atoms with E-state index in [1.54, 1.807) is 31.7 Å². The molecule has 0 aliphatic carbocycles. The average molecular weight is 544 g/mol. The highest BCUT2D eigenvalue weighted by Gasteiger charge is 2.43. The molecule has 2 rings (SSSR count). The van der Waals surface area contributed by atoms with E-state index in [4.69, 9.17) is 16.3 Å². The fourth-order valence-electron chi connectivity index (χ4n) is 4.22. The zero-order chi connectivity index (χ0) is 29.0. The summed E-state index contributed by atoms with van der Waals surface area (Å²) in [4.78, 5) is 42.6. The van der Waals surface area contributed by atoms with Crippen LogP contribution < -0.4 is 10.6 Å². The molecule has 2 atom stereocenters. The number of nitrogens with one attached hydrogen (secondary N) is 2. The Morgan fingerprint density at radius 3 is 1.97 bits per heavy atom. The summed E-state index contributed by atoms with van der Waals surface area (Å²) in [7, 11) is 0. The Kier molecular flexibility index (Phi) is 10.0. The lowest BCUT2D eigenvalue weighted by atomic mass is 9.91. The summed E-state index contributed by atoms with van der Waals surface area (Å²) >= 11 is 6.43. The van der Waals surface area contributed by atoms with Crippen LogP contribution >= 0.6 is 11.6 Å². The molecule has 7 nitrogen and oxygen atoms in total. The minimum Gasteiger partial charge on any atom is -0.444 e. The first-order chi connectivity index (χ1) is 17.4. The van der Waals surface area contributed by atoms with Crippen molar-refractivity contribution in [1.29, 1.82) is 0 Å². The first-order valence-electron chi connectivity index (χ1n) is 12.9. The number of aryl methyl sites for hydroxylation is 2. The highest BCUT2D eigenvalue weighted by Crippen LogP contribution is 2.34. The molecule has 0 spiro atoms. The molecule has 2 N–H and O–H groups in total. The summed E-state index contributed by atoms with van der Waals surface area (Å²) in [6, 6.07) is 10.9. The molecule has 0 aromatic heterocycles. The Labute approximate surface area is 232 Å². The Bertz CT molecular complexity index is 1140. The fourth-order valence-corrected chi connectivity index (χ4v) is 4.49. The molecule has 0 heterocycles. The number of carbonyl (C=O) groups excluding carboxylic acids is 3. The Balaban J connectivity index is 2.64. The van der Waals surface area contributed by atoms with Gasteiger partial charge in [0.15, 0.2) is 0 Å². The molecular formula is C30H42ClN3O4. The van der Waals surface area contributed by atoms with Crippen molar-refractivity contribution in [3.05, 3.63) is 64.2 Å². The third kappa shape index (κ3) is 7.97. The lowest BCUT2D eigenvalue weighted by molar-refractivity contribution is -0.147. The van der Waals surface area contributed by atoms with Crippen LogP contribution in [-0.4, -0.2) is 40.0 Å². The molecule has 0 bridgehead atoms. The molecular weight excluding hydrogens is 502 g/mol. The second kappa shape index (κ2) is 12.2. The maximum absolute atomic E-state index is 14.3. The summed E-state index contributed by atoms with van der Waals surface area (Å²) in [6.07, 6.45) is -0.693. The van der Waals surface area contributed by atoms with E-state index in [1.807, 2.05) is 84.9 Å². The van der Waals surface area contributed by atoms with E-state index >= 15 is 0 Å². The van der Waals surface area contributed by atoms with Gasteiger partial charge in [-0.3, -0.25) is 9.59 Å². The highest BCUT2D eigenvalue weighted by molar-refractivity contribution is 6.34. The smallest absolute Gasteiger partial charge is 0.408 e. The SMILES string of the molecule is Cc1ccccc1C(C(=O)Nc1c(C)cccc1Cl)N(C(=O)C(NC(=O)OC(C)(C)C)C(C)C)C(C)(C)C. The van der Waals surface area contributed by atoms with Crippen LogP contribution in [0.3, 0.4) is 0 Å². The van der Waals surface area contributed by atoms with Crippen LogP contribution in [0, 0.1) is 19.8 Å². The average Bonchev–Trinajstić information content (AvgIpc) is 2.76. The van der Waals surface area contributed by atoms with Gasteiger partial charge in [-0.15, -0.1) is 0 Å². The van der Waals surface area contributed by atoms with E-state index in [2.05, 4.69) is 10.6 Å². The molecule has 0 aliphatic rings. The number of anilines is 1. The molecule has 0 aliphatic heterocycles. The van der Waals surface area contributed by atoms with Crippen molar-refractivity contribution in [2.75, 3.05) is 5.32 Å². The van der Waals surface area contributed by atoms with E-state index in [0.29, 0.717) is 16.3 Å². The monoisotopic (exact) mass is 543 g/mol. The van der Waals surface area contributed by atoms with Gasteiger partial charge in [0.25, 0.3) is 5.91 Å². The van der Waals surface area contributed by atoms with E-state index in [9.17, 15) is 14.4 Å². The quantitative estimate of drug-likeness (QED) is 0.401. The number of benzene rings is 2. The second-order valence-corrected chi connectivity index (χ2v) is 12.3. The molecule has 38 heavy (non-hydrogen) atoms. The Morgan fingerprint density at radius 2 is 1.47 bits per heavy atom. The fraction of sp³-hybridized carbons (Fsp3) is 0.500. The second-order valence-electron chi connectivity index (χ2n) is 11.9. The maximum Gasteiger partial charge on any atom is 0.408 e. The van der Waals surface area contributed by atoms with Gasteiger partial charge in [0, 0.05) is 5.54 Å². The number of rotatable bonds is 7. The van der Waals surface area contributed by atoms with E-state index in [-0.39, 0.29) is 5.92 Å². The first kappa shape index (κ1) is 31.2. The topological polar surface area (TPSA) is 87.7 Å². The van der Waals surface area contributed by atoms with E-state index < -0.39 is 41.1 Å². The highest BCUT2D eigenvalue weighted by atomic mass is 35.5. The van der Waals surface area contributed by atoms with Gasteiger partial charge in [0.1, 0.15) is 17.7 Å². The summed E-state index contributed by atoms with van der Waals surface area (Å²) in [5, 5.41) is 6.13. The number of amides is 3. The van der Waals surface area contributed by atoms with Gasteiger partial charge >= 0.3 is 6.09 Å². The van der Waals surface area contributed by atoms with Crippen LogP contribution in [0.1, 0.15) is 78.1 Å². The van der Waals surface area contributed by atoms with Crippen molar-refractivity contribution < 1.29 is 19.1 Å². The normalized spacial score (nSPS) is 13.5. The summed E-state index contributed by atoms with van der Waals surface area (Å²) in [5.74, 6) is -1.07. The minimum atomic E-state index is -0.999. The molecule has 3 amide bonds. The molecule has 0 radical (unpaired) electrons. The predicted octanol–water partition coefficient (Wildman–Crippen LogP) is 6.81. The summed E-state index contributed by atoms with van der Waals surface area (Å²) < 4.78 is 5.44. The largest absolute Gasteiger partial charge is 0.444 e. The standard InChI is InChI=1S/C30H42ClN3O4/c1-18(2)23(33-28(37)38-30(8,9)10)27(36)34(29(5,6)7)25(21-16-12-11-14-19(21)3)26(35)32-24-20(4)15-13-17-22(24)31/h11-18,23,25H,1-10H3,(H,32,35)(H,33,37). The van der Waals surface area contributed by atoms with Crippen molar-refractivity contribution in [2.24, 2.45) is 5.92 Å². The van der Waals surface area contributed by atoms with Crippen LogP contribution in [-0.2, 0) is 14.3 Å². The van der Waals surface area contributed by atoms with Gasteiger partial charge in [0.05, 0.1) is 10.7 Å². The number of hydrogen-bond donors (Lipinski definition) is 2. The minimum absolute atomic E-state index is 0.272. The molecule has 2 aromatic carbocycles. The number of halogens is 1. The summed E-state index contributed by atoms with van der Waals surface area (Å²) in [5.41, 5.74) is 1.31. The number of nitrogens with zero attached hydrogens (tertiary/aromatic N) is 1. The molecule has 2 aromatic rings. The number of alkyl carbamates (subject to hydrolysis) is 1. The van der Waals surface area contributed by atoms with Gasteiger partial charge in [-0.2, -0.15) is 0 Å². The number of para-hydroxylation sites is 1. The molecule has 208 valence electrons. The molecule has 2 unspecified atom stereocenters. The van der Waals surface area contributed by atoms with Crippen molar-refractivity contribution in [1.82, 2.24) is 10.2 Å². The number of hydrogen-bond acceptors (Lipinski definition) is 4. The Hall–Kier alpha value is -3.06. The van der Waals surface area contributed by atoms with Gasteiger partial charge in [-0.25, -0.2) is 4.79 Å². The third-order valence-electron chi connectivity index (χ3n) is 6.02. The van der Waals surface area contributed by atoms with Crippen molar-refractivity contribution in [2.45, 2.75) is 92.5 Å². The zero-order valence-electron chi connectivity index (χ0n) is 24.2. The zero-order valence-corrected chi connectivity index (χ0v) is 25.0. The van der Waals surface area contributed by atoms with Crippen molar-refractivity contribution in [3.8, 4) is 0 Å². The summed E-state index contributed by atoms with van der Waals surface area (Å²) in [6.45, 7) is 18.3. The lowest BCUT2D eigenvalue weighted by Crippen LogP contribution is -2.59. The maximum atomic E-state index is 14.3. The first-order valence-corrected chi connectivity index (χ1v) is 13.3. The van der Waals surface area contributed by atoms with Gasteiger partial charge in [-0.05, 0) is 84.1 Å². The van der Waals surface area contributed by atoms with Crippen LogP contribution in [0.25, 0.3) is 0 Å². The van der Waals surface area contributed by atoms with Crippen LogP contribution in [0.2, 0.25) is 5.02 Å². The Morgan fingerprint density at radius 1 is 0.895 bits per heavy atom. The number of carbonyl (C=O) groups is 3. The van der Waals surface area contributed by atoms with E-state index in [1.165, 1.54) is 0 Å². The molecule has 8 heteroatoms. The van der Waals surface area contributed by atoms with Crippen LogP contribution in [0.4, 0.5) is 10.5 Å². The van der Waals surface area contributed by atoms with Gasteiger partial charge in [0.2, 0.25) is 5.91 Å². The number of ether oxygens (including phenoxy) is 1. The van der Waals surface area contributed by atoms with Crippen LogP contribution in [0.5, 0.6) is 0 Å². The van der Waals surface area contributed by atoms with Gasteiger partial charge in [-0.1, -0.05) is 61.8 Å². The third-order valence-corrected chi connectivity index (χ3v) is 6.34. The van der Waals surface area contributed by atoms with Gasteiger partial charge < -0.3 is 20.3 Å². The molecule has 0 saturated carbocycles. The van der Waals surface area contributed by atoms with Crippen molar-refractivity contribution >= 4 is 35.2 Å². The molecule has 0 fully saturated rings. The van der Waals surface area contributed by atoms with Crippen molar-refractivity contribution in [3.63, 3.8) is 0 Å². The van der Waals surface area contributed by atoms with E-state index in [0.717, 1.165) is 11.1 Å². The molecule has 0 saturated heterocycles. The lowest BCUT2D eigenvalue weighted by Gasteiger charge is -2.44.